The third-order valence-corrected chi connectivity index (χ3v) is 1.53. The molecule has 2 nitrogen and oxygen atoms in total. The van der Waals surface area contributed by atoms with E-state index in [1.54, 1.807) is 6.92 Å². The number of rotatable bonds is 6. The van der Waals surface area contributed by atoms with E-state index in [1.165, 1.54) is 0 Å². The largest absolute Gasteiger partial charge is 0.462 e. The minimum Gasteiger partial charge on any atom is -0.462 e. The summed E-state index contributed by atoms with van der Waals surface area (Å²) < 4.78 is 4.88. The summed E-state index contributed by atoms with van der Waals surface area (Å²) in [6.07, 6.45) is 5.56. The first kappa shape index (κ1) is 12.2. The summed E-state index contributed by atoms with van der Waals surface area (Å²) in [5.74, 6) is 0.215. The predicted octanol–water partition coefficient (Wildman–Crippen LogP) is 2.68. The molecular formula is C10H15ClO2. The van der Waals surface area contributed by atoms with Crippen LogP contribution in [0.25, 0.3) is 0 Å². The van der Waals surface area contributed by atoms with E-state index in [0.29, 0.717) is 18.1 Å². The van der Waals surface area contributed by atoms with E-state index in [0.717, 1.165) is 12.8 Å². The fourth-order valence-electron chi connectivity index (χ4n) is 0.670. The molecular weight excluding hydrogens is 188 g/mol. The van der Waals surface area contributed by atoms with Gasteiger partial charge >= 0.3 is 5.97 Å². The Morgan fingerprint density at radius 3 is 2.77 bits per heavy atom. The van der Waals surface area contributed by atoms with E-state index in [4.69, 9.17) is 16.3 Å². The fourth-order valence-corrected chi connectivity index (χ4v) is 0.796. The van der Waals surface area contributed by atoms with Crippen molar-refractivity contribution in [3.8, 4) is 0 Å². The molecule has 0 aromatic carbocycles. The second-order valence-electron chi connectivity index (χ2n) is 2.68. The quantitative estimate of drug-likeness (QED) is 0.218. The third kappa shape index (κ3) is 7.60. The molecule has 0 spiro atoms. The molecule has 0 aliphatic carbocycles. The summed E-state index contributed by atoms with van der Waals surface area (Å²) >= 11 is 5.42. The van der Waals surface area contributed by atoms with Crippen LogP contribution in [0, 0.1) is 0 Å². The molecule has 3 heteroatoms. The van der Waals surface area contributed by atoms with Crippen molar-refractivity contribution in [2.24, 2.45) is 0 Å². The molecule has 0 saturated carbocycles. The van der Waals surface area contributed by atoms with Gasteiger partial charge in [0.25, 0.3) is 0 Å². The normalized spacial score (nSPS) is 10.3. The van der Waals surface area contributed by atoms with Crippen LogP contribution in [-0.2, 0) is 9.53 Å². The van der Waals surface area contributed by atoms with Crippen LogP contribution < -0.4 is 0 Å². The molecule has 0 radical (unpaired) electrons. The van der Waals surface area contributed by atoms with Crippen LogP contribution in [0.1, 0.15) is 19.8 Å². The Hall–Kier alpha value is -0.760. The van der Waals surface area contributed by atoms with Crippen LogP contribution in [0.3, 0.4) is 0 Å². The number of alkyl halides is 1. The maximum atomic E-state index is 10.9. The van der Waals surface area contributed by atoms with Crippen molar-refractivity contribution in [2.45, 2.75) is 19.8 Å². The first-order chi connectivity index (χ1) is 6.18. The highest BCUT2D eigenvalue weighted by molar-refractivity contribution is 6.18. The molecule has 74 valence electrons. The number of unbranched alkanes of at least 4 members (excludes halogenated alkanes) is 1. The molecule has 0 heterocycles. The monoisotopic (exact) mass is 202 g/mol. The minimum absolute atomic E-state index is 0.318. The van der Waals surface area contributed by atoms with Gasteiger partial charge in [-0.1, -0.05) is 18.7 Å². The predicted molar refractivity (Wildman–Crippen MR) is 54.9 cm³/mol. The van der Waals surface area contributed by atoms with Crippen LogP contribution in [-0.4, -0.2) is 18.5 Å². The highest BCUT2D eigenvalue weighted by Gasteiger charge is 2.00. The fraction of sp³-hybridized carbons (Fsp3) is 0.500. The van der Waals surface area contributed by atoms with Crippen LogP contribution in [0.5, 0.6) is 0 Å². The summed E-state index contributed by atoms with van der Waals surface area (Å²) in [6.45, 7) is 5.55. The Labute approximate surface area is 84.2 Å². The van der Waals surface area contributed by atoms with Crippen molar-refractivity contribution in [3.05, 3.63) is 24.3 Å². The van der Waals surface area contributed by atoms with Gasteiger partial charge in [-0.2, -0.15) is 0 Å². The number of carbonyl (C=O) groups is 1. The lowest BCUT2D eigenvalue weighted by Crippen LogP contribution is -2.05. The highest BCUT2D eigenvalue weighted by atomic mass is 35.5. The van der Waals surface area contributed by atoms with Gasteiger partial charge in [0.15, 0.2) is 0 Å². The topological polar surface area (TPSA) is 26.3 Å². The number of hydrogen-bond donors (Lipinski definition) is 0. The number of carbonyl (C=O) groups excluding carboxylic acids is 1. The summed E-state index contributed by atoms with van der Waals surface area (Å²) in [5, 5.41) is 0. The van der Waals surface area contributed by atoms with E-state index in [2.05, 4.69) is 6.58 Å². The first-order valence-corrected chi connectivity index (χ1v) is 4.75. The second kappa shape index (κ2) is 7.87. The lowest BCUT2D eigenvalue weighted by molar-refractivity contribution is -0.139. The molecule has 0 aromatic heterocycles. The molecule has 0 saturated heterocycles. The molecule has 0 aliphatic rings. The molecule has 0 amide bonds. The van der Waals surface area contributed by atoms with Crippen LogP contribution in [0.15, 0.2) is 24.3 Å². The molecule has 0 bridgehead atoms. The zero-order valence-electron chi connectivity index (χ0n) is 7.88. The number of halogens is 1. The molecule has 0 atom stereocenters. The lowest BCUT2D eigenvalue weighted by atomic mass is 10.3. The van der Waals surface area contributed by atoms with Gasteiger partial charge in [0.05, 0.1) is 6.61 Å². The van der Waals surface area contributed by atoms with Crippen molar-refractivity contribution < 1.29 is 9.53 Å². The van der Waals surface area contributed by atoms with Crippen molar-refractivity contribution in [1.82, 2.24) is 0 Å². The Morgan fingerprint density at radius 1 is 1.54 bits per heavy atom. The van der Waals surface area contributed by atoms with Gasteiger partial charge in [0.2, 0.25) is 0 Å². The average molecular weight is 203 g/mol. The Morgan fingerprint density at radius 2 is 2.23 bits per heavy atom. The van der Waals surface area contributed by atoms with Gasteiger partial charge in [-0.3, -0.25) is 0 Å². The summed E-state index contributed by atoms with van der Waals surface area (Å²) in [6, 6.07) is 0. The van der Waals surface area contributed by atoms with Crippen LogP contribution in [0.2, 0.25) is 0 Å². The molecule has 0 aliphatic heterocycles. The van der Waals surface area contributed by atoms with Gasteiger partial charge in [0, 0.05) is 11.5 Å². The van der Waals surface area contributed by atoms with E-state index < -0.39 is 0 Å². The Balaban J connectivity index is 3.31. The number of ether oxygens (including phenoxy) is 1. The number of esters is 1. The maximum Gasteiger partial charge on any atom is 0.333 e. The van der Waals surface area contributed by atoms with Gasteiger partial charge in [0.1, 0.15) is 0 Å². The van der Waals surface area contributed by atoms with Crippen molar-refractivity contribution in [2.75, 3.05) is 12.5 Å². The van der Waals surface area contributed by atoms with Gasteiger partial charge < -0.3 is 4.74 Å². The molecule has 0 N–H and O–H groups in total. The average Bonchev–Trinajstić information content (AvgIpc) is 2.10. The van der Waals surface area contributed by atoms with E-state index in [1.807, 2.05) is 12.2 Å². The molecule has 0 fully saturated rings. The molecule has 0 aromatic rings. The first-order valence-electron chi connectivity index (χ1n) is 4.22. The van der Waals surface area contributed by atoms with Gasteiger partial charge in [-0.25, -0.2) is 4.79 Å². The van der Waals surface area contributed by atoms with E-state index in [9.17, 15) is 4.79 Å². The van der Waals surface area contributed by atoms with E-state index in [-0.39, 0.29) is 5.97 Å². The molecule has 0 unspecified atom stereocenters. The van der Waals surface area contributed by atoms with Crippen LogP contribution in [0.4, 0.5) is 0 Å². The summed E-state index contributed by atoms with van der Waals surface area (Å²) in [4.78, 5) is 10.9. The standard InChI is InChI=1S/C10H15ClO2/c1-9(2)10(12)13-8-6-4-3-5-7-11/h3,5H,1,4,6-8H2,2H3. The van der Waals surface area contributed by atoms with Crippen LogP contribution >= 0.6 is 11.6 Å². The summed E-state index contributed by atoms with van der Waals surface area (Å²) in [5.41, 5.74) is 0.441. The van der Waals surface area contributed by atoms with Crippen molar-refractivity contribution in [3.63, 3.8) is 0 Å². The van der Waals surface area contributed by atoms with Gasteiger partial charge in [-0.05, 0) is 19.8 Å². The van der Waals surface area contributed by atoms with Crippen molar-refractivity contribution >= 4 is 17.6 Å². The minimum atomic E-state index is -0.318. The van der Waals surface area contributed by atoms with Crippen molar-refractivity contribution in [1.29, 1.82) is 0 Å². The Bertz CT molecular complexity index is 197. The number of hydrogen-bond acceptors (Lipinski definition) is 2. The van der Waals surface area contributed by atoms with Gasteiger partial charge in [-0.15, -0.1) is 11.6 Å². The molecule has 13 heavy (non-hydrogen) atoms. The van der Waals surface area contributed by atoms with E-state index >= 15 is 0 Å². The zero-order chi connectivity index (χ0) is 10.1. The second-order valence-corrected chi connectivity index (χ2v) is 2.99. The maximum absolute atomic E-state index is 10.9. The highest BCUT2D eigenvalue weighted by Crippen LogP contribution is 1.96. The Kier molecular flexibility index (Phi) is 7.41. The SMILES string of the molecule is C=C(C)C(=O)OCCCC=CCCl. The molecule has 0 rings (SSSR count). The third-order valence-electron chi connectivity index (χ3n) is 1.35. The smallest absolute Gasteiger partial charge is 0.333 e. The lowest BCUT2D eigenvalue weighted by Gasteiger charge is -2.01. The summed E-state index contributed by atoms with van der Waals surface area (Å²) in [7, 11) is 0. The zero-order valence-corrected chi connectivity index (χ0v) is 8.64. The number of allylic oxidation sites excluding steroid dienone is 2.